The second-order valence-electron chi connectivity index (χ2n) is 8.70. The van der Waals surface area contributed by atoms with Crippen LogP contribution in [0.1, 0.15) is 30.9 Å². The van der Waals surface area contributed by atoms with Gasteiger partial charge in [0.2, 0.25) is 15.9 Å². The molecule has 2 aromatic carbocycles. The number of nitrogens with one attached hydrogen (secondary N) is 1. The number of fused-ring (bicyclic) bond motifs is 1. The second-order valence-corrected chi connectivity index (χ2v) is 11.4. The summed E-state index contributed by atoms with van der Waals surface area (Å²) in [5, 5.41) is 0. The predicted octanol–water partition coefficient (Wildman–Crippen LogP) is 3.59. The molecule has 2 aromatic rings. The van der Waals surface area contributed by atoms with Crippen molar-refractivity contribution in [3.8, 4) is 0 Å². The molecule has 172 valence electrons. The van der Waals surface area contributed by atoms with E-state index in [0.717, 1.165) is 37.9 Å². The van der Waals surface area contributed by atoms with Gasteiger partial charge in [0.1, 0.15) is 4.90 Å². The average Bonchev–Trinajstić information content (AvgIpc) is 3.19. The number of benzene rings is 2. The van der Waals surface area contributed by atoms with E-state index < -0.39 is 10.0 Å². The van der Waals surface area contributed by atoms with Crippen LogP contribution in [0.15, 0.2) is 51.8 Å². The minimum absolute atomic E-state index is 0.138. The molecule has 1 fully saturated rings. The van der Waals surface area contributed by atoms with Crippen LogP contribution in [0.2, 0.25) is 0 Å². The van der Waals surface area contributed by atoms with Crippen molar-refractivity contribution < 1.29 is 13.2 Å². The van der Waals surface area contributed by atoms with Crippen molar-refractivity contribution in [2.45, 2.75) is 37.5 Å². The predicted molar refractivity (Wildman–Crippen MR) is 130 cm³/mol. The minimum atomic E-state index is -3.73. The van der Waals surface area contributed by atoms with Crippen LogP contribution in [-0.4, -0.2) is 51.9 Å². The van der Waals surface area contributed by atoms with Crippen molar-refractivity contribution in [3.63, 3.8) is 0 Å². The van der Waals surface area contributed by atoms with Crippen molar-refractivity contribution in [2.24, 2.45) is 5.92 Å². The Bertz CT molecular complexity index is 1070. The molecule has 0 radical (unpaired) electrons. The first-order valence-electron chi connectivity index (χ1n) is 11.2. The SMILES string of the molecule is CC(=O)N1CCc2cc(Br)cc(S(=O)(=O)NCCN3CCC(Cc4ccccc4)CC3)c21. The fourth-order valence-electron chi connectivity index (χ4n) is 4.77. The van der Waals surface area contributed by atoms with E-state index in [9.17, 15) is 13.2 Å². The van der Waals surface area contributed by atoms with Gasteiger partial charge >= 0.3 is 0 Å². The molecule has 0 aliphatic carbocycles. The zero-order valence-corrected chi connectivity index (χ0v) is 20.8. The largest absolute Gasteiger partial charge is 0.311 e. The topological polar surface area (TPSA) is 69.7 Å². The molecule has 1 amide bonds. The van der Waals surface area contributed by atoms with Gasteiger partial charge < -0.3 is 9.80 Å². The van der Waals surface area contributed by atoms with Crippen LogP contribution in [-0.2, 0) is 27.7 Å². The fraction of sp³-hybridized carbons (Fsp3) is 0.458. The van der Waals surface area contributed by atoms with Crippen molar-refractivity contribution >= 4 is 37.5 Å². The van der Waals surface area contributed by atoms with Gasteiger partial charge in [-0.3, -0.25) is 4.79 Å². The van der Waals surface area contributed by atoms with E-state index in [2.05, 4.69) is 49.8 Å². The Kier molecular flexibility index (Phi) is 7.34. The molecule has 8 heteroatoms. The summed E-state index contributed by atoms with van der Waals surface area (Å²) in [4.78, 5) is 16.1. The average molecular weight is 520 g/mol. The molecular formula is C24H30BrN3O3S. The van der Waals surface area contributed by atoms with E-state index in [1.807, 2.05) is 12.1 Å². The number of hydrogen-bond acceptors (Lipinski definition) is 4. The zero-order valence-electron chi connectivity index (χ0n) is 18.4. The van der Waals surface area contributed by atoms with E-state index >= 15 is 0 Å². The van der Waals surface area contributed by atoms with Gasteiger partial charge in [-0.1, -0.05) is 46.3 Å². The number of halogens is 1. The van der Waals surface area contributed by atoms with Crippen LogP contribution in [0, 0.1) is 5.92 Å². The maximum absolute atomic E-state index is 13.1. The van der Waals surface area contributed by atoms with Gasteiger partial charge in [0.25, 0.3) is 0 Å². The molecule has 1 saturated heterocycles. The molecule has 6 nitrogen and oxygen atoms in total. The number of carbonyl (C=O) groups is 1. The highest BCUT2D eigenvalue weighted by Gasteiger charge is 2.31. The maximum Gasteiger partial charge on any atom is 0.242 e. The minimum Gasteiger partial charge on any atom is -0.311 e. The van der Waals surface area contributed by atoms with Crippen molar-refractivity contribution in [3.05, 3.63) is 58.1 Å². The highest BCUT2D eigenvalue weighted by atomic mass is 79.9. The lowest BCUT2D eigenvalue weighted by molar-refractivity contribution is -0.116. The Morgan fingerprint density at radius 1 is 1.12 bits per heavy atom. The summed E-state index contributed by atoms with van der Waals surface area (Å²) >= 11 is 3.42. The van der Waals surface area contributed by atoms with Gasteiger partial charge in [0.05, 0.1) is 5.69 Å². The molecule has 4 rings (SSSR count). The molecule has 2 aliphatic heterocycles. The van der Waals surface area contributed by atoms with Crippen LogP contribution < -0.4 is 9.62 Å². The molecular weight excluding hydrogens is 490 g/mol. The van der Waals surface area contributed by atoms with Crippen LogP contribution >= 0.6 is 15.9 Å². The Morgan fingerprint density at radius 3 is 2.53 bits per heavy atom. The summed E-state index contributed by atoms with van der Waals surface area (Å²) < 4.78 is 29.7. The van der Waals surface area contributed by atoms with Gasteiger partial charge in [0, 0.05) is 31.0 Å². The van der Waals surface area contributed by atoms with Gasteiger partial charge in [-0.25, -0.2) is 13.1 Å². The van der Waals surface area contributed by atoms with Crippen molar-refractivity contribution in [1.29, 1.82) is 0 Å². The number of anilines is 1. The number of likely N-dealkylation sites (tertiary alicyclic amines) is 1. The Balaban J connectivity index is 1.33. The summed E-state index contributed by atoms with van der Waals surface area (Å²) in [6, 6.07) is 14.1. The summed E-state index contributed by atoms with van der Waals surface area (Å²) in [6.07, 6.45) is 4.04. The summed E-state index contributed by atoms with van der Waals surface area (Å²) in [6.45, 7) is 5.01. The van der Waals surface area contributed by atoms with Crippen LogP contribution in [0.3, 0.4) is 0 Å². The molecule has 1 N–H and O–H groups in total. The lowest BCUT2D eigenvalue weighted by atomic mass is 9.90. The second kappa shape index (κ2) is 10.0. The molecule has 32 heavy (non-hydrogen) atoms. The van der Waals surface area contributed by atoms with Crippen molar-refractivity contribution in [2.75, 3.05) is 37.6 Å². The van der Waals surface area contributed by atoms with E-state index in [-0.39, 0.29) is 10.8 Å². The number of amides is 1. The lowest BCUT2D eigenvalue weighted by Gasteiger charge is -2.32. The van der Waals surface area contributed by atoms with E-state index in [1.54, 1.807) is 11.0 Å². The monoisotopic (exact) mass is 519 g/mol. The van der Waals surface area contributed by atoms with Crippen LogP contribution in [0.25, 0.3) is 0 Å². The highest BCUT2D eigenvalue weighted by molar-refractivity contribution is 9.10. The summed E-state index contributed by atoms with van der Waals surface area (Å²) in [7, 11) is -3.73. The molecule has 2 heterocycles. The molecule has 0 saturated carbocycles. The number of rotatable bonds is 7. The standard InChI is InChI=1S/C24H30BrN3O3S/c1-18(29)28-13-9-21-16-22(25)17-23(24(21)28)32(30,31)26-10-14-27-11-7-20(8-12-27)15-19-5-3-2-4-6-19/h2-6,16-17,20,26H,7-15H2,1H3. The van der Waals surface area contributed by atoms with E-state index in [4.69, 9.17) is 0 Å². The first-order chi connectivity index (χ1) is 15.3. The number of carbonyl (C=O) groups excluding carboxylic acids is 1. The Labute approximate surface area is 199 Å². The highest BCUT2D eigenvalue weighted by Crippen LogP contribution is 2.37. The molecule has 0 atom stereocenters. The van der Waals surface area contributed by atoms with E-state index in [0.29, 0.717) is 42.1 Å². The molecule has 0 aromatic heterocycles. The number of piperidine rings is 1. The van der Waals surface area contributed by atoms with Gasteiger partial charge in [-0.2, -0.15) is 0 Å². The fourth-order valence-corrected chi connectivity index (χ4v) is 6.72. The third kappa shape index (κ3) is 5.42. The third-order valence-electron chi connectivity index (χ3n) is 6.46. The first kappa shape index (κ1) is 23.4. The number of hydrogen-bond donors (Lipinski definition) is 1. The van der Waals surface area contributed by atoms with Crippen LogP contribution in [0.5, 0.6) is 0 Å². The maximum atomic E-state index is 13.1. The zero-order chi connectivity index (χ0) is 22.7. The lowest BCUT2D eigenvalue weighted by Crippen LogP contribution is -2.40. The number of nitrogens with zero attached hydrogens (tertiary/aromatic N) is 2. The summed E-state index contributed by atoms with van der Waals surface area (Å²) in [5.41, 5.74) is 2.80. The molecule has 2 aliphatic rings. The number of sulfonamides is 1. The normalized spacial score (nSPS) is 17.5. The summed E-state index contributed by atoms with van der Waals surface area (Å²) in [5.74, 6) is 0.549. The smallest absolute Gasteiger partial charge is 0.242 e. The molecule has 0 spiro atoms. The van der Waals surface area contributed by atoms with E-state index in [1.165, 1.54) is 12.5 Å². The molecule has 0 unspecified atom stereocenters. The van der Waals surface area contributed by atoms with Gasteiger partial charge in [-0.05, 0) is 68.0 Å². The Morgan fingerprint density at radius 2 is 1.84 bits per heavy atom. The van der Waals surface area contributed by atoms with Crippen molar-refractivity contribution in [1.82, 2.24) is 9.62 Å². The van der Waals surface area contributed by atoms with Crippen LogP contribution in [0.4, 0.5) is 5.69 Å². The third-order valence-corrected chi connectivity index (χ3v) is 8.39. The Hall–Kier alpha value is -1.74. The van der Waals surface area contributed by atoms with Gasteiger partial charge in [-0.15, -0.1) is 0 Å². The molecule has 0 bridgehead atoms. The van der Waals surface area contributed by atoms with Gasteiger partial charge in [0.15, 0.2) is 0 Å². The first-order valence-corrected chi connectivity index (χ1v) is 13.5. The quantitative estimate of drug-likeness (QED) is 0.606.